The molecule has 0 bridgehead atoms. The molecule has 17 heavy (non-hydrogen) atoms. The first-order valence-corrected chi connectivity index (χ1v) is 5.22. The van der Waals surface area contributed by atoms with Gasteiger partial charge >= 0.3 is 0 Å². The molecule has 2 heterocycles. The maximum absolute atomic E-state index is 9.56. The number of pyridine rings is 2. The van der Waals surface area contributed by atoms with Crippen molar-refractivity contribution in [2.45, 2.75) is 13.0 Å². The third-order valence-electron chi connectivity index (χ3n) is 2.37. The van der Waals surface area contributed by atoms with Gasteiger partial charge in [0.25, 0.3) is 0 Å². The lowest BCUT2D eigenvalue weighted by atomic mass is 10.1. The van der Waals surface area contributed by atoms with E-state index in [1.54, 1.807) is 25.3 Å². The topological polar surface area (TPSA) is 69.8 Å². The SMILES string of the molecule is CC(O)c1cc(C#N)nc(-c2ccccn2)c1. The Morgan fingerprint density at radius 2 is 2.12 bits per heavy atom. The molecule has 0 radical (unpaired) electrons. The molecule has 0 aromatic carbocycles. The minimum atomic E-state index is -0.632. The molecule has 2 aromatic heterocycles. The number of hydrogen-bond acceptors (Lipinski definition) is 4. The molecule has 0 saturated carbocycles. The number of hydrogen-bond donors (Lipinski definition) is 1. The number of aromatic nitrogens is 2. The highest BCUT2D eigenvalue weighted by Gasteiger charge is 2.08. The lowest BCUT2D eigenvalue weighted by molar-refractivity contribution is 0.199. The van der Waals surface area contributed by atoms with Crippen LogP contribution in [0.15, 0.2) is 36.5 Å². The van der Waals surface area contributed by atoms with Crippen molar-refractivity contribution in [1.82, 2.24) is 9.97 Å². The minimum absolute atomic E-state index is 0.282. The van der Waals surface area contributed by atoms with Crippen LogP contribution in [0.2, 0.25) is 0 Å². The second-order valence-corrected chi connectivity index (χ2v) is 3.67. The van der Waals surface area contributed by atoms with E-state index >= 15 is 0 Å². The highest BCUT2D eigenvalue weighted by atomic mass is 16.3. The van der Waals surface area contributed by atoms with Gasteiger partial charge in [-0.05, 0) is 36.8 Å². The monoisotopic (exact) mass is 225 g/mol. The summed E-state index contributed by atoms with van der Waals surface area (Å²) in [7, 11) is 0. The zero-order chi connectivity index (χ0) is 12.3. The molecule has 0 aliphatic rings. The summed E-state index contributed by atoms with van der Waals surface area (Å²) in [6.07, 6.45) is 1.03. The van der Waals surface area contributed by atoms with Gasteiger partial charge in [0.1, 0.15) is 11.8 Å². The molecular weight excluding hydrogens is 214 g/mol. The van der Waals surface area contributed by atoms with Gasteiger partial charge in [-0.2, -0.15) is 5.26 Å². The molecule has 0 aliphatic carbocycles. The van der Waals surface area contributed by atoms with E-state index in [-0.39, 0.29) is 5.69 Å². The molecule has 2 rings (SSSR count). The summed E-state index contributed by atoms with van der Waals surface area (Å²) in [6.45, 7) is 1.65. The summed E-state index contributed by atoms with van der Waals surface area (Å²) in [6, 6.07) is 10.8. The van der Waals surface area contributed by atoms with Crippen molar-refractivity contribution in [3.8, 4) is 17.5 Å². The van der Waals surface area contributed by atoms with Gasteiger partial charge in [0.15, 0.2) is 0 Å². The molecule has 0 fully saturated rings. The number of aliphatic hydroxyl groups excluding tert-OH is 1. The smallest absolute Gasteiger partial charge is 0.141 e. The van der Waals surface area contributed by atoms with Gasteiger partial charge in [0, 0.05) is 6.20 Å². The van der Waals surface area contributed by atoms with E-state index in [4.69, 9.17) is 5.26 Å². The van der Waals surface area contributed by atoms with E-state index in [1.165, 1.54) is 0 Å². The summed E-state index contributed by atoms with van der Waals surface area (Å²) in [5.41, 5.74) is 2.23. The Bertz CT molecular complexity index is 559. The Hall–Kier alpha value is -2.25. The minimum Gasteiger partial charge on any atom is -0.389 e. The molecule has 0 spiro atoms. The van der Waals surface area contributed by atoms with Crippen LogP contribution in [0.25, 0.3) is 11.4 Å². The Morgan fingerprint density at radius 3 is 2.71 bits per heavy atom. The average molecular weight is 225 g/mol. The van der Waals surface area contributed by atoms with Crippen LogP contribution in [0.4, 0.5) is 0 Å². The quantitative estimate of drug-likeness (QED) is 0.849. The van der Waals surface area contributed by atoms with Crippen LogP contribution in [-0.2, 0) is 0 Å². The third-order valence-corrected chi connectivity index (χ3v) is 2.37. The first-order valence-electron chi connectivity index (χ1n) is 5.22. The lowest BCUT2D eigenvalue weighted by Gasteiger charge is -2.07. The Labute approximate surface area is 99.2 Å². The third kappa shape index (κ3) is 2.47. The molecule has 2 aromatic rings. The predicted octanol–water partition coefficient (Wildman–Crippen LogP) is 2.07. The van der Waals surface area contributed by atoms with E-state index in [0.29, 0.717) is 17.0 Å². The van der Waals surface area contributed by atoms with Gasteiger partial charge in [-0.1, -0.05) is 6.07 Å². The van der Waals surface area contributed by atoms with E-state index in [1.807, 2.05) is 24.3 Å². The van der Waals surface area contributed by atoms with Crippen molar-refractivity contribution in [3.63, 3.8) is 0 Å². The summed E-state index contributed by atoms with van der Waals surface area (Å²) in [5, 5.41) is 18.5. The fraction of sp³-hybridized carbons (Fsp3) is 0.154. The Kier molecular flexibility index (Phi) is 3.12. The van der Waals surface area contributed by atoms with Crippen molar-refractivity contribution in [2.75, 3.05) is 0 Å². The Morgan fingerprint density at radius 1 is 1.29 bits per heavy atom. The van der Waals surface area contributed by atoms with Gasteiger partial charge in [0.2, 0.25) is 0 Å². The zero-order valence-corrected chi connectivity index (χ0v) is 9.33. The van der Waals surface area contributed by atoms with Crippen LogP contribution in [-0.4, -0.2) is 15.1 Å². The van der Waals surface area contributed by atoms with E-state index in [9.17, 15) is 5.11 Å². The van der Waals surface area contributed by atoms with Crippen molar-refractivity contribution in [3.05, 3.63) is 47.8 Å². The maximum Gasteiger partial charge on any atom is 0.141 e. The second kappa shape index (κ2) is 4.73. The van der Waals surface area contributed by atoms with E-state index in [2.05, 4.69) is 9.97 Å². The summed E-state index contributed by atoms with van der Waals surface area (Å²) in [4.78, 5) is 8.34. The van der Waals surface area contributed by atoms with Crippen LogP contribution in [0.5, 0.6) is 0 Å². The molecule has 84 valence electrons. The fourth-order valence-corrected chi connectivity index (χ4v) is 1.50. The standard InChI is InChI=1S/C13H11N3O/c1-9(17)10-6-11(8-14)16-13(7-10)12-4-2-3-5-15-12/h2-7,9,17H,1H3. The average Bonchev–Trinajstić information content (AvgIpc) is 2.39. The normalized spacial score (nSPS) is 11.8. The van der Waals surface area contributed by atoms with Crippen LogP contribution < -0.4 is 0 Å². The highest BCUT2D eigenvalue weighted by molar-refractivity contribution is 5.56. The van der Waals surface area contributed by atoms with Crippen molar-refractivity contribution < 1.29 is 5.11 Å². The first kappa shape index (κ1) is 11.2. The van der Waals surface area contributed by atoms with Crippen LogP contribution in [0.3, 0.4) is 0 Å². The van der Waals surface area contributed by atoms with Gasteiger partial charge in [-0.25, -0.2) is 4.98 Å². The molecule has 4 nitrogen and oxygen atoms in total. The number of nitrogens with zero attached hydrogens (tertiary/aromatic N) is 3. The van der Waals surface area contributed by atoms with Crippen molar-refractivity contribution >= 4 is 0 Å². The molecule has 0 aliphatic heterocycles. The van der Waals surface area contributed by atoms with Crippen LogP contribution in [0.1, 0.15) is 24.3 Å². The molecule has 0 saturated heterocycles. The number of aliphatic hydroxyl groups is 1. The molecule has 4 heteroatoms. The molecule has 1 atom stereocenters. The van der Waals surface area contributed by atoms with E-state index < -0.39 is 6.10 Å². The second-order valence-electron chi connectivity index (χ2n) is 3.67. The van der Waals surface area contributed by atoms with E-state index in [0.717, 1.165) is 0 Å². The Balaban J connectivity index is 2.55. The largest absolute Gasteiger partial charge is 0.389 e. The van der Waals surface area contributed by atoms with Gasteiger partial charge in [-0.3, -0.25) is 4.98 Å². The number of nitriles is 1. The first-order chi connectivity index (χ1) is 8.20. The summed E-state index contributed by atoms with van der Waals surface area (Å²) >= 11 is 0. The predicted molar refractivity (Wildman–Crippen MR) is 62.8 cm³/mol. The van der Waals surface area contributed by atoms with Crippen LogP contribution >= 0.6 is 0 Å². The zero-order valence-electron chi connectivity index (χ0n) is 9.33. The summed E-state index contributed by atoms with van der Waals surface area (Å²) < 4.78 is 0. The highest BCUT2D eigenvalue weighted by Crippen LogP contribution is 2.20. The van der Waals surface area contributed by atoms with Crippen molar-refractivity contribution in [1.29, 1.82) is 5.26 Å². The molecule has 0 amide bonds. The molecular formula is C13H11N3O. The summed E-state index contributed by atoms with van der Waals surface area (Å²) in [5.74, 6) is 0. The van der Waals surface area contributed by atoms with Gasteiger partial charge < -0.3 is 5.11 Å². The van der Waals surface area contributed by atoms with Crippen LogP contribution in [0, 0.1) is 11.3 Å². The fourth-order valence-electron chi connectivity index (χ4n) is 1.50. The van der Waals surface area contributed by atoms with Gasteiger partial charge in [0.05, 0.1) is 17.5 Å². The number of rotatable bonds is 2. The molecule has 1 unspecified atom stereocenters. The van der Waals surface area contributed by atoms with Gasteiger partial charge in [-0.15, -0.1) is 0 Å². The lowest BCUT2D eigenvalue weighted by Crippen LogP contribution is -1.97. The maximum atomic E-state index is 9.56. The molecule has 1 N–H and O–H groups in total. The van der Waals surface area contributed by atoms with Crippen molar-refractivity contribution in [2.24, 2.45) is 0 Å².